The molecule has 7 heteroatoms. The number of hydroxylamine groups is 2. The molecule has 3 aromatic carbocycles. The molecule has 0 radical (unpaired) electrons. The maximum atomic E-state index is 15.1. The summed E-state index contributed by atoms with van der Waals surface area (Å²) in [4.78, 5) is 22.0. The molecule has 0 amide bonds. The van der Waals surface area contributed by atoms with Crippen LogP contribution in [0.5, 0.6) is 0 Å². The molecule has 0 spiro atoms. The van der Waals surface area contributed by atoms with Gasteiger partial charge in [0.25, 0.3) is 0 Å². The molecular weight excluding hydrogens is 581 g/mol. The van der Waals surface area contributed by atoms with E-state index < -0.39 is 13.4 Å². The van der Waals surface area contributed by atoms with E-state index in [0.717, 1.165) is 30.4 Å². The van der Waals surface area contributed by atoms with Crippen molar-refractivity contribution >= 4 is 19.1 Å². The zero-order valence-electron chi connectivity index (χ0n) is 28.5. The quantitative estimate of drug-likeness (QED) is 0.0908. The topological polar surface area (TPSA) is 65.1 Å². The van der Waals surface area contributed by atoms with Crippen molar-refractivity contribution in [3.05, 3.63) is 101 Å². The Hall–Kier alpha value is -3.02. The van der Waals surface area contributed by atoms with Crippen LogP contribution >= 0.6 is 7.60 Å². The van der Waals surface area contributed by atoms with Crippen molar-refractivity contribution in [2.75, 3.05) is 13.2 Å². The molecule has 0 unspecified atom stereocenters. The van der Waals surface area contributed by atoms with Crippen molar-refractivity contribution in [1.82, 2.24) is 5.06 Å². The van der Waals surface area contributed by atoms with Crippen molar-refractivity contribution in [3.8, 4) is 11.1 Å². The van der Waals surface area contributed by atoms with E-state index in [1.165, 1.54) is 5.56 Å². The number of ketones is 1. The summed E-state index contributed by atoms with van der Waals surface area (Å²) in [6.45, 7) is 18.7. The van der Waals surface area contributed by atoms with E-state index in [-0.39, 0.29) is 40.8 Å². The first-order chi connectivity index (χ1) is 21.1. The van der Waals surface area contributed by atoms with Gasteiger partial charge in [-0.05, 0) is 82.9 Å². The Kier molecular flexibility index (Phi) is 10.7. The van der Waals surface area contributed by atoms with E-state index in [1.807, 2.05) is 65.7 Å². The molecule has 4 rings (SSSR count). The van der Waals surface area contributed by atoms with Crippen LogP contribution in [0.15, 0.2) is 84.2 Å². The van der Waals surface area contributed by atoms with Crippen LogP contribution in [0.3, 0.4) is 0 Å². The fraction of sp³-hybridized carbons (Fsp3) is 0.447. The summed E-state index contributed by atoms with van der Waals surface area (Å²) < 4.78 is 26.7. The average molecular weight is 632 g/mol. The van der Waals surface area contributed by atoms with Gasteiger partial charge < -0.3 is 13.9 Å². The summed E-state index contributed by atoms with van der Waals surface area (Å²) in [7, 11) is -4.19. The number of Topliss-reactive ketones (excluding diaryl/α,β-unsaturated/α-hetero) is 1. The lowest BCUT2D eigenvalue weighted by Gasteiger charge is -2.51. The maximum Gasteiger partial charge on any atom is 0.369 e. The number of allylic oxidation sites excluding steroid dienone is 1. The third-order valence-corrected chi connectivity index (χ3v) is 10.6. The van der Waals surface area contributed by atoms with Crippen LogP contribution in [0.2, 0.25) is 0 Å². The highest BCUT2D eigenvalue weighted by molar-refractivity contribution is 7.60. The Morgan fingerprint density at radius 2 is 1.33 bits per heavy atom. The molecule has 1 heterocycles. The largest absolute Gasteiger partial charge is 0.403 e. The summed E-state index contributed by atoms with van der Waals surface area (Å²) in [6.07, 6.45) is 2.86. The second-order valence-electron chi connectivity index (χ2n) is 13.9. The Morgan fingerprint density at radius 1 is 0.800 bits per heavy atom. The van der Waals surface area contributed by atoms with Gasteiger partial charge in [-0.25, -0.2) is 0 Å². The average Bonchev–Trinajstić information content (AvgIpc) is 2.98. The van der Waals surface area contributed by atoms with Gasteiger partial charge in [0, 0.05) is 11.1 Å². The monoisotopic (exact) mass is 631 g/mol. The molecule has 0 saturated carbocycles. The standard InChI is InChI=1S/C38H50NO5P/c1-10-42-45(41,43-11-2)35(33(40)32-21-16-15-20-31(32)28-22-24-30(25-23-28)36(3,4)5)34(29-18-13-12-14-19-29)44-39-37(6,7)26-17-27-38(39,8)9/h12-16,18-25H,10-11,17,26-27H2,1-9H3/b35-34-. The van der Waals surface area contributed by atoms with E-state index in [0.29, 0.717) is 11.1 Å². The number of piperidine rings is 1. The lowest BCUT2D eigenvalue weighted by atomic mass is 9.82. The summed E-state index contributed by atoms with van der Waals surface area (Å²) in [6, 6.07) is 25.1. The number of benzene rings is 3. The molecule has 0 N–H and O–H groups in total. The highest BCUT2D eigenvalue weighted by Gasteiger charge is 2.47. The van der Waals surface area contributed by atoms with Crippen molar-refractivity contribution in [2.45, 2.75) is 98.1 Å². The number of carbonyl (C=O) groups excluding carboxylic acids is 1. The van der Waals surface area contributed by atoms with E-state index in [9.17, 15) is 4.57 Å². The predicted octanol–water partition coefficient (Wildman–Crippen LogP) is 10.4. The minimum absolute atomic E-state index is 0.0106. The Morgan fingerprint density at radius 3 is 1.87 bits per heavy atom. The first-order valence-corrected chi connectivity index (χ1v) is 17.6. The van der Waals surface area contributed by atoms with E-state index in [2.05, 4.69) is 60.6 Å². The third-order valence-electron chi connectivity index (χ3n) is 8.43. The molecule has 242 valence electrons. The fourth-order valence-electron chi connectivity index (χ4n) is 6.20. The molecule has 0 aromatic heterocycles. The summed E-state index contributed by atoms with van der Waals surface area (Å²) >= 11 is 0. The summed E-state index contributed by atoms with van der Waals surface area (Å²) in [5.41, 5.74) is 3.09. The molecule has 1 saturated heterocycles. The van der Waals surface area contributed by atoms with Crippen molar-refractivity contribution in [3.63, 3.8) is 0 Å². The third kappa shape index (κ3) is 7.69. The van der Waals surface area contributed by atoms with Gasteiger partial charge in [-0.1, -0.05) is 99.6 Å². The molecule has 3 aromatic rings. The molecule has 0 atom stereocenters. The van der Waals surface area contributed by atoms with Crippen LogP contribution in [-0.2, 0) is 23.9 Å². The predicted molar refractivity (Wildman–Crippen MR) is 184 cm³/mol. The second-order valence-corrected chi connectivity index (χ2v) is 15.9. The van der Waals surface area contributed by atoms with Crippen LogP contribution in [0.4, 0.5) is 0 Å². The normalized spacial score (nSPS) is 17.4. The molecular formula is C38H50NO5P. The Balaban J connectivity index is 2.02. The fourth-order valence-corrected chi connectivity index (χ4v) is 8.01. The lowest BCUT2D eigenvalue weighted by Crippen LogP contribution is -2.58. The SMILES string of the molecule is CCOP(=O)(OCC)/C(C(=O)c1ccccc1-c1ccc(C(C)(C)C)cc1)=C(\ON1C(C)(C)CCCC1(C)C)c1ccccc1. The number of rotatable bonds is 11. The Labute approximate surface area is 270 Å². The zero-order valence-corrected chi connectivity index (χ0v) is 29.4. The first kappa shape index (κ1) is 34.8. The van der Waals surface area contributed by atoms with Crippen LogP contribution in [0.1, 0.15) is 103 Å². The van der Waals surface area contributed by atoms with Crippen LogP contribution in [0.25, 0.3) is 16.9 Å². The number of nitrogens with zero attached hydrogens (tertiary/aromatic N) is 1. The lowest BCUT2D eigenvalue weighted by molar-refractivity contribution is -0.236. The molecule has 1 fully saturated rings. The second kappa shape index (κ2) is 13.8. The molecule has 1 aliphatic heterocycles. The van der Waals surface area contributed by atoms with Crippen LogP contribution in [0, 0.1) is 0 Å². The van der Waals surface area contributed by atoms with E-state index in [1.54, 1.807) is 19.9 Å². The van der Waals surface area contributed by atoms with Crippen molar-refractivity contribution in [2.24, 2.45) is 0 Å². The molecule has 0 bridgehead atoms. The number of hydrogen-bond donors (Lipinski definition) is 0. The maximum absolute atomic E-state index is 15.1. The number of carbonyl (C=O) groups is 1. The zero-order chi connectivity index (χ0) is 33.0. The van der Waals surface area contributed by atoms with Crippen molar-refractivity contribution < 1.29 is 23.2 Å². The molecule has 0 aliphatic carbocycles. The number of hydrogen-bond acceptors (Lipinski definition) is 6. The Bertz CT molecular complexity index is 1520. The minimum Gasteiger partial charge on any atom is -0.403 e. The summed E-state index contributed by atoms with van der Waals surface area (Å²) in [5.74, 6) is -0.269. The van der Waals surface area contributed by atoms with Gasteiger partial charge in [0.15, 0.2) is 11.1 Å². The molecule has 1 aliphatic rings. The molecule has 6 nitrogen and oxygen atoms in total. The van der Waals surface area contributed by atoms with Gasteiger partial charge in [-0.2, -0.15) is 0 Å². The van der Waals surface area contributed by atoms with Gasteiger partial charge in [-0.15, -0.1) is 5.06 Å². The van der Waals surface area contributed by atoms with Gasteiger partial charge >= 0.3 is 7.60 Å². The van der Waals surface area contributed by atoms with E-state index >= 15 is 4.79 Å². The van der Waals surface area contributed by atoms with Crippen molar-refractivity contribution in [1.29, 1.82) is 0 Å². The van der Waals surface area contributed by atoms with Crippen LogP contribution in [-0.4, -0.2) is 35.1 Å². The van der Waals surface area contributed by atoms with Gasteiger partial charge in [-0.3, -0.25) is 9.36 Å². The van der Waals surface area contributed by atoms with Gasteiger partial charge in [0.05, 0.1) is 24.3 Å². The van der Waals surface area contributed by atoms with Gasteiger partial charge in [0.1, 0.15) is 0 Å². The van der Waals surface area contributed by atoms with Gasteiger partial charge in [0.2, 0.25) is 5.78 Å². The molecule has 45 heavy (non-hydrogen) atoms. The smallest absolute Gasteiger partial charge is 0.369 e. The summed E-state index contributed by atoms with van der Waals surface area (Å²) in [5, 5.41) is 1.87. The minimum atomic E-state index is -4.19. The highest BCUT2D eigenvalue weighted by Crippen LogP contribution is 2.60. The van der Waals surface area contributed by atoms with E-state index in [4.69, 9.17) is 13.9 Å². The highest BCUT2D eigenvalue weighted by atomic mass is 31.2. The first-order valence-electron chi connectivity index (χ1n) is 16.1. The van der Waals surface area contributed by atoms with Crippen LogP contribution < -0.4 is 0 Å².